The van der Waals surface area contributed by atoms with Crippen molar-refractivity contribution in [3.63, 3.8) is 0 Å². The van der Waals surface area contributed by atoms with Crippen LogP contribution in [0.2, 0.25) is 0 Å². The Bertz CT molecular complexity index is 1050. The highest BCUT2D eigenvalue weighted by Crippen LogP contribution is 2.30. The van der Waals surface area contributed by atoms with Gasteiger partial charge in [-0.15, -0.1) is 0 Å². The highest BCUT2D eigenvalue weighted by molar-refractivity contribution is 5.83. The molecule has 0 saturated heterocycles. The first-order valence-electron chi connectivity index (χ1n) is 10.9. The topological polar surface area (TPSA) is 44.9 Å². The molecule has 0 N–H and O–H groups in total. The molecule has 0 amide bonds. The summed E-state index contributed by atoms with van der Waals surface area (Å²) in [5.74, 6) is 2.13. The lowest BCUT2D eigenvalue weighted by Crippen LogP contribution is -2.39. The number of benzene rings is 2. The molecule has 1 saturated carbocycles. The van der Waals surface area contributed by atoms with Gasteiger partial charge in [0.25, 0.3) is 0 Å². The van der Waals surface area contributed by atoms with E-state index in [0.29, 0.717) is 5.56 Å². The third kappa shape index (κ3) is 3.56. The van der Waals surface area contributed by atoms with Crippen LogP contribution >= 0.6 is 0 Å². The predicted octanol–water partition coefficient (Wildman–Crippen LogP) is 5.01. The molecule has 0 radical (unpaired) electrons. The summed E-state index contributed by atoms with van der Waals surface area (Å²) in [6.45, 7) is 5.67. The maximum atomic E-state index is 9.03. The van der Waals surface area contributed by atoms with E-state index in [9.17, 15) is 0 Å². The number of nitriles is 1. The largest absolute Gasteiger partial charge is 0.327 e. The summed E-state index contributed by atoms with van der Waals surface area (Å²) in [4.78, 5) is 7.68. The Morgan fingerprint density at radius 3 is 2.45 bits per heavy atom. The molecule has 0 bridgehead atoms. The lowest BCUT2D eigenvalue weighted by atomic mass is 9.86. The van der Waals surface area contributed by atoms with E-state index in [-0.39, 0.29) is 0 Å². The van der Waals surface area contributed by atoms with Gasteiger partial charge >= 0.3 is 0 Å². The first-order valence-corrected chi connectivity index (χ1v) is 10.9. The lowest BCUT2D eigenvalue weighted by molar-refractivity contribution is 0.142. The van der Waals surface area contributed by atoms with Gasteiger partial charge in [-0.1, -0.05) is 25.1 Å². The SMILES string of the molecule is CC1CCC(N2CCc3nc4ccc(-c5ccc(C#N)cc5)cc4n3CC2)CC1. The molecule has 2 aromatic carbocycles. The van der Waals surface area contributed by atoms with Crippen LogP contribution in [0.4, 0.5) is 0 Å². The molecule has 2 aliphatic rings. The van der Waals surface area contributed by atoms with Gasteiger partial charge in [0, 0.05) is 32.1 Å². The van der Waals surface area contributed by atoms with Crippen LogP contribution in [0.5, 0.6) is 0 Å². The van der Waals surface area contributed by atoms with E-state index in [1.54, 1.807) is 0 Å². The van der Waals surface area contributed by atoms with Crippen molar-refractivity contribution in [2.45, 2.75) is 51.6 Å². The van der Waals surface area contributed by atoms with E-state index in [2.05, 4.69) is 40.7 Å². The van der Waals surface area contributed by atoms with Crippen LogP contribution in [-0.4, -0.2) is 33.6 Å². The Labute approximate surface area is 172 Å². The predicted molar refractivity (Wildman–Crippen MR) is 117 cm³/mol. The van der Waals surface area contributed by atoms with Gasteiger partial charge in [-0.2, -0.15) is 5.26 Å². The van der Waals surface area contributed by atoms with Crippen molar-refractivity contribution in [3.8, 4) is 17.2 Å². The second-order valence-electron chi connectivity index (χ2n) is 8.77. The minimum Gasteiger partial charge on any atom is -0.327 e. The Morgan fingerprint density at radius 1 is 0.931 bits per heavy atom. The van der Waals surface area contributed by atoms with E-state index in [1.165, 1.54) is 42.6 Å². The number of fused-ring (bicyclic) bond motifs is 3. The Balaban J connectivity index is 1.40. The molecule has 0 spiro atoms. The van der Waals surface area contributed by atoms with Crippen LogP contribution < -0.4 is 0 Å². The van der Waals surface area contributed by atoms with Crippen LogP contribution in [0.25, 0.3) is 22.2 Å². The summed E-state index contributed by atoms with van der Waals surface area (Å²) in [6, 6.07) is 17.4. The zero-order valence-corrected chi connectivity index (χ0v) is 17.1. The van der Waals surface area contributed by atoms with Gasteiger partial charge in [0.05, 0.1) is 22.7 Å². The van der Waals surface area contributed by atoms with Gasteiger partial charge < -0.3 is 4.57 Å². The fourth-order valence-corrected chi connectivity index (χ4v) is 5.09. The molecule has 1 aliphatic heterocycles. The standard InChI is InChI=1S/C25H28N4/c1-18-2-9-22(10-3-18)28-13-12-25-27-23-11-8-21(16-24(23)29(25)15-14-28)20-6-4-19(17-26)5-7-20/h4-8,11,16,18,22H,2-3,9-10,12-15H2,1H3. The maximum absolute atomic E-state index is 9.03. The van der Waals surface area contributed by atoms with Crippen molar-refractivity contribution in [1.29, 1.82) is 5.26 Å². The van der Waals surface area contributed by atoms with Gasteiger partial charge in [-0.25, -0.2) is 4.98 Å². The molecule has 1 aromatic heterocycles. The summed E-state index contributed by atoms with van der Waals surface area (Å²) < 4.78 is 2.44. The van der Waals surface area contributed by atoms with Gasteiger partial charge in [-0.3, -0.25) is 4.90 Å². The zero-order chi connectivity index (χ0) is 19.8. The Kier molecular flexibility index (Phi) is 4.85. The van der Waals surface area contributed by atoms with Crippen molar-refractivity contribution in [2.75, 3.05) is 13.1 Å². The number of rotatable bonds is 2. The molecule has 4 heteroatoms. The van der Waals surface area contributed by atoms with Crippen LogP contribution in [0, 0.1) is 17.2 Å². The van der Waals surface area contributed by atoms with E-state index in [1.807, 2.05) is 24.3 Å². The van der Waals surface area contributed by atoms with Gasteiger partial charge in [0.1, 0.15) is 5.82 Å². The highest BCUT2D eigenvalue weighted by Gasteiger charge is 2.26. The minimum atomic E-state index is 0.699. The molecule has 0 unspecified atom stereocenters. The quantitative estimate of drug-likeness (QED) is 0.624. The molecule has 4 nitrogen and oxygen atoms in total. The van der Waals surface area contributed by atoms with Gasteiger partial charge in [-0.05, 0) is 67.0 Å². The van der Waals surface area contributed by atoms with E-state index >= 15 is 0 Å². The van der Waals surface area contributed by atoms with Gasteiger partial charge in [0.15, 0.2) is 0 Å². The lowest BCUT2D eigenvalue weighted by Gasteiger charge is -2.35. The molecule has 2 heterocycles. The van der Waals surface area contributed by atoms with Crippen molar-refractivity contribution in [3.05, 3.63) is 53.9 Å². The summed E-state index contributed by atoms with van der Waals surface area (Å²) >= 11 is 0. The molecule has 1 fully saturated rings. The average Bonchev–Trinajstić information content (AvgIpc) is 2.97. The first-order chi connectivity index (χ1) is 14.2. The van der Waals surface area contributed by atoms with Crippen LogP contribution in [0.1, 0.15) is 44.0 Å². The molecule has 0 atom stereocenters. The molecule has 3 aromatic rings. The van der Waals surface area contributed by atoms with E-state index < -0.39 is 0 Å². The number of aromatic nitrogens is 2. The summed E-state index contributed by atoms with van der Waals surface area (Å²) in [5.41, 5.74) is 5.36. The average molecular weight is 385 g/mol. The van der Waals surface area contributed by atoms with Crippen molar-refractivity contribution in [2.24, 2.45) is 5.92 Å². The summed E-state index contributed by atoms with van der Waals surface area (Å²) in [5, 5.41) is 9.03. The van der Waals surface area contributed by atoms with Crippen molar-refractivity contribution in [1.82, 2.24) is 14.5 Å². The van der Waals surface area contributed by atoms with Gasteiger partial charge in [0.2, 0.25) is 0 Å². The maximum Gasteiger partial charge on any atom is 0.111 e. The fourth-order valence-electron chi connectivity index (χ4n) is 5.09. The first kappa shape index (κ1) is 18.4. The smallest absolute Gasteiger partial charge is 0.111 e. The van der Waals surface area contributed by atoms with Crippen LogP contribution in [-0.2, 0) is 13.0 Å². The fraction of sp³-hybridized carbons (Fsp3) is 0.440. The molecule has 29 heavy (non-hydrogen) atoms. The monoisotopic (exact) mass is 384 g/mol. The molecular weight excluding hydrogens is 356 g/mol. The van der Waals surface area contributed by atoms with Crippen molar-refractivity contribution >= 4 is 11.0 Å². The Hall–Kier alpha value is -2.64. The number of hydrogen-bond donors (Lipinski definition) is 0. The van der Waals surface area contributed by atoms with E-state index in [4.69, 9.17) is 10.2 Å². The number of nitrogens with zero attached hydrogens (tertiary/aromatic N) is 4. The minimum absolute atomic E-state index is 0.699. The van der Waals surface area contributed by atoms with Crippen molar-refractivity contribution < 1.29 is 0 Å². The third-order valence-corrected chi connectivity index (χ3v) is 6.91. The normalized spacial score (nSPS) is 22.8. The number of imidazole rings is 1. The van der Waals surface area contributed by atoms with E-state index in [0.717, 1.165) is 49.1 Å². The molecule has 5 rings (SSSR count). The summed E-state index contributed by atoms with van der Waals surface area (Å²) in [7, 11) is 0. The molecular formula is C25H28N4. The number of hydrogen-bond acceptors (Lipinski definition) is 3. The second-order valence-corrected chi connectivity index (χ2v) is 8.77. The molecule has 1 aliphatic carbocycles. The zero-order valence-electron chi connectivity index (χ0n) is 17.1. The summed E-state index contributed by atoms with van der Waals surface area (Å²) in [6.07, 6.45) is 6.50. The van der Waals surface area contributed by atoms with Crippen LogP contribution in [0.15, 0.2) is 42.5 Å². The second kappa shape index (κ2) is 7.65. The highest BCUT2D eigenvalue weighted by atomic mass is 15.2. The molecule has 148 valence electrons. The third-order valence-electron chi connectivity index (χ3n) is 6.91. The Morgan fingerprint density at radius 2 is 1.69 bits per heavy atom. The van der Waals surface area contributed by atoms with Crippen LogP contribution in [0.3, 0.4) is 0 Å².